The van der Waals surface area contributed by atoms with Crippen LogP contribution in [-0.4, -0.2) is 71.2 Å². The molecular weight excluding hydrogens is 605 g/mol. The number of carbonyl (C=O) groups excluding carboxylic acids is 3. The van der Waals surface area contributed by atoms with Crippen molar-refractivity contribution >= 4 is 57.5 Å². The van der Waals surface area contributed by atoms with Gasteiger partial charge < -0.3 is 24.8 Å². The van der Waals surface area contributed by atoms with Gasteiger partial charge in [0, 0.05) is 29.8 Å². The van der Waals surface area contributed by atoms with E-state index < -0.39 is 35.7 Å². The standard InChI is InChI=1S/C32H35ClFN5O6/c1-3-43-31(41)26-11-12-27(32(42)44-4-2)39(26)13-5-6-29(40)38-25-15-21-24(16-28(25)45-17-19-7-8-19)35-18-36-30(21)37-20-9-10-23(34)22(33)14-20/h5-6,9-10,14-16,18-19,26-27H,3-4,7-8,11-13,17H2,1-2H3,(H,38,40)(H,35,36,37)/t26-,27+. The minimum absolute atomic E-state index is 0.0371. The molecule has 2 fully saturated rings. The van der Waals surface area contributed by atoms with Gasteiger partial charge in [-0.2, -0.15) is 0 Å². The third-order valence-electron chi connectivity index (χ3n) is 7.57. The number of amides is 1. The second kappa shape index (κ2) is 14.7. The fraction of sp³-hybridized carbons (Fsp3) is 0.406. The van der Waals surface area contributed by atoms with Crippen LogP contribution in [0.3, 0.4) is 0 Å². The Hall–Kier alpha value is -4.29. The number of halogens is 2. The van der Waals surface area contributed by atoms with E-state index in [2.05, 4.69) is 20.6 Å². The molecule has 1 aliphatic heterocycles. The smallest absolute Gasteiger partial charge is 0.323 e. The zero-order valence-corrected chi connectivity index (χ0v) is 25.8. The van der Waals surface area contributed by atoms with E-state index in [0.29, 0.717) is 59.2 Å². The van der Waals surface area contributed by atoms with Crippen molar-refractivity contribution in [2.45, 2.75) is 51.6 Å². The number of hydrogen-bond donors (Lipinski definition) is 2. The number of likely N-dealkylation sites (tertiary alicyclic amines) is 1. The maximum absolute atomic E-state index is 13.7. The maximum atomic E-state index is 13.7. The molecule has 3 aromatic rings. The molecule has 1 saturated heterocycles. The zero-order chi connectivity index (χ0) is 31.9. The predicted molar refractivity (Wildman–Crippen MR) is 167 cm³/mol. The van der Waals surface area contributed by atoms with E-state index in [1.54, 1.807) is 37.0 Å². The molecule has 0 spiro atoms. The molecule has 45 heavy (non-hydrogen) atoms. The van der Waals surface area contributed by atoms with Gasteiger partial charge in [-0.1, -0.05) is 17.7 Å². The van der Waals surface area contributed by atoms with Gasteiger partial charge in [0.25, 0.3) is 0 Å². The first kappa shape index (κ1) is 32.1. The van der Waals surface area contributed by atoms with Crippen molar-refractivity contribution < 1.29 is 33.0 Å². The van der Waals surface area contributed by atoms with Crippen LogP contribution >= 0.6 is 11.6 Å². The Morgan fingerprint density at radius 1 is 1.02 bits per heavy atom. The van der Waals surface area contributed by atoms with Gasteiger partial charge in [-0.05, 0) is 69.7 Å². The molecular formula is C32H35ClFN5O6. The predicted octanol–water partition coefficient (Wildman–Crippen LogP) is 5.41. The number of carbonyl (C=O) groups is 3. The van der Waals surface area contributed by atoms with Gasteiger partial charge in [-0.25, -0.2) is 14.4 Å². The first-order chi connectivity index (χ1) is 21.8. The van der Waals surface area contributed by atoms with Crippen LogP contribution in [0.15, 0.2) is 48.8 Å². The summed E-state index contributed by atoms with van der Waals surface area (Å²) in [5, 5.41) is 6.56. The second-order valence-electron chi connectivity index (χ2n) is 10.8. The minimum atomic E-state index is -0.614. The van der Waals surface area contributed by atoms with E-state index >= 15 is 0 Å². The van der Waals surface area contributed by atoms with E-state index in [1.807, 2.05) is 0 Å². The summed E-state index contributed by atoms with van der Waals surface area (Å²) in [5.41, 5.74) is 1.50. The van der Waals surface area contributed by atoms with E-state index in [4.69, 9.17) is 25.8 Å². The van der Waals surface area contributed by atoms with Crippen molar-refractivity contribution in [3.05, 3.63) is 59.7 Å². The summed E-state index contributed by atoms with van der Waals surface area (Å²) in [5.74, 6) is -0.461. The summed E-state index contributed by atoms with van der Waals surface area (Å²) in [6.07, 6.45) is 7.41. The molecule has 2 aromatic carbocycles. The van der Waals surface area contributed by atoms with Gasteiger partial charge in [-0.3, -0.25) is 19.3 Å². The number of ether oxygens (including phenoxy) is 3. The van der Waals surface area contributed by atoms with E-state index in [-0.39, 0.29) is 24.8 Å². The third-order valence-corrected chi connectivity index (χ3v) is 7.85. The molecule has 0 unspecified atom stereocenters. The molecule has 0 bridgehead atoms. The van der Waals surface area contributed by atoms with Crippen molar-refractivity contribution in [2.75, 3.05) is 37.0 Å². The number of benzene rings is 2. The van der Waals surface area contributed by atoms with E-state index in [0.717, 1.165) is 12.8 Å². The SMILES string of the molecule is CCOC(=O)[C@H]1CC[C@@H](C(=O)OCC)N1CC=CC(=O)Nc1cc2c(Nc3ccc(F)c(Cl)c3)ncnc2cc1OCC1CC1. The zero-order valence-electron chi connectivity index (χ0n) is 25.1. The first-order valence-corrected chi connectivity index (χ1v) is 15.3. The Morgan fingerprint density at radius 3 is 2.38 bits per heavy atom. The van der Waals surface area contributed by atoms with Gasteiger partial charge in [-0.15, -0.1) is 0 Å². The molecule has 1 aliphatic carbocycles. The number of hydrogen-bond acceptors (Lipinski definition) is 10. The Balaban J connectivity index is 1.36. The molecule has 1 amide bonds. The van der Waals surface area contributed by atoms with Gasteiger partial charge in [0.1, 0.15) is 35.8 Å². The lowest BCUT2D eigenvalue weighted by Crippen LogP contribution is -2.45. The summed E-state index contributed by atoms with van der Waals surface area (Å²) in [7, 11) is 0. The van der Waals surface area contributed by atoms with Crippen LogP contribution in [0.5, 0.6) is 5.75 Å². The normalized spacial score (nSPS) is 18.2. The van der Waals surface area contributed by atoms with Crippen LogP contribution in [-0.2, 0) is 23.9 Å². The fourth-order valence-corrected chi connectivity index (χ4v) is 5.34. The monoisotopic (exact) mass is 639 g/mol. The quantitative estimate of drug-likeness (QED) is 0.185. The summed E-state index contributed by atoms with van der Waals surface area (Å²) < 4.78 is 30.2. The van der Waals surface area contributed by atoms with Gasteiger partial charge >= 0.3 is 11.9 Å². The van der Waals surface area contributed by atoms with E-state index in [9.17, 15) is 18.8 Å². The highest BCUT2D eigenvalue weighted by Crippen LogP contribution is 2.36. The van der Waals surface area contributed by atoms with Crippen LogP contribution in [0.4, 0.5) is 21.6 Å². The molecule has 1 saturated carbocycles. The Labute approximate surface area is 265 Å². The van der Waals surface area contributed by atoms with Crippen molar-refractivity contribution in [1.29, 1.82) is 0 Å². The van der Waals surface area contributed by atoms with Crippen LogP contribution in [0, 0.1) is 11.7 Å². The molecule has 238 valence electrons. The molecule has 2 atom stereocenters. The lowest BCUT2D eigenvalue weighted by molar-refractivity contribution is -0.153. The van der Waals surface area contributed by atoms with Crippen molar-refractivity contribution in [2.24, 2.45) is 5.92 Å². The summed E-state index contributed by atoms with van der Waals surface area (Å²) in [6, 6.07) is 6.46. The highest BCUT2D eigenvalue weighted by Gasteiger charge is 2.42. The topological polar surface area (TPSA) is 132 Å². The number of anilines is 3. The summed E-state index contributed by atoms with van der Waals surface area (Å²) in [6.45, 7) is 4.57. The Kier molecular flexibility index (Phi) is 10.5. The average Bonchev–Trinajstić information content (AvgIpc) is 3.75. The van der Waals surface area contributed by atoms with Gasteiger partial charge in [0.05, 0.1) is 36.0 Å². The lowest BCUT2D eigenvalue weighted by atomic mass is 10.1. The summed E-state index contributed by atoms with van der Waals surface area (Å²) in [4.78, 5) is 48.7. The highest BCUT2D eigenvalue weighted by molar-refractivity contribution is 6.31. The number of aromatic nitrogens is 2. The van der Waals surface area contributed by atoms with Crippen molar-refractivity contribution in [1.82, 2.24) is 14.9 Å². The highest BCUT2D eigenvalue weighted by atomic mass is 35.5. The largest absolute Gasteiger partial charge is 0.491 e. The summed E-state index contributed by atoms with van der Waals surface area (Å²) >= 11 is 5.96. The molecule has 11 nitrogen and oxygen atoms in total. The lowest BCUT2D eigenvalue weighted by Gasteiger charge is -2.26. The average molecular weight is 640 g/mol. The Bertz CT molecular complexity index is 1570. The number of nitrogens with zero attached hydrogens (tertiary/aromatic N) is 3. The van der Waals surface area contributed by atoms with Crippen molar-refractivity contribution in [3.63, 3.8) is 0 Å². The van der Waals surface area contributed by atoms with Crippen LogP contribution in [0.1, 0.15) is 39.5 Å². The molecule has 2 N–H and O–H groups in total. The molecule has 13 heteroatoms. The number of rotatable bonds is 13. The molecule has 2 aliphatic rings. The molecule has 2 heterocycles. The molecule has 1 aromatic heterocycles. The Morgan fingerprint density at radius 2 is 1.73 bits per heavy atom. The minimum Gasteiger partial charge on any atom is -0.491 e. The first-order valence-electron chi connectivity index (χ1n) is 15.0. The van der Waals surface area contributed by atoms with E-state index in [1.165, 1.54) is 30.6 Å². The number of fused-ring (bicyclic) bond motifs is 1. The second-order valence-corrected chi connectivity index (χ2v) is 11.2. The fourth-order valence-electron chi connectivity index (χ4n) is 5.16. The number of esters is 2. The number of nitrogens with one attached hydrogen (secondary N) is 2. The van der Waals surface area contributed by atoms with Crippen LogP contribution in [0.2, 0.25) is 5.02 Å². The van der Waals surface area contributed by atoms with Crippen LogP contribution in [0.25, 0.3) is 10.9 Å². The molecule has 5 rings (SSSR count). The van der Waals surface area contributed by atoms with Gasteiger partial charge in [0.2, 0.25) is 5.91 Å². The third kappa shape index (κ3) is 8.06. The van der Waals surface area contributed by atoms with Gasteiger partial charge in [0.15, 0.2) is 0 Å². The molecule has 0 radical (unpaired) electrons. The maximum Gasteiger partial charge on any atom is 0.323 e. The van der Waals surface area contributed by atoms with Crippen LogP contribution < -0.4 is 15.4 Å². The van der Waals surface area contributed by atoms with Crippen molar-refractivity contribution in [3.8, 4) is 5.75 Å².